The molecule has 0 spiro atoms. The molecule has 0 bridgehead atoms. The topological polar surface area (TPSA) is 29.5 Å². The van der Waals surface area contributed by atoms with Gasteiger partial charge in [-0.05, 0) is 55.9 Å². The van der Waals surface area contributed by atoms with Crippen LogP contribution in [-0.2, 0) is 0 Å². The molecule has 0 saturated carbocycles. The summed E-state index contributed by atoms with van der Waals surface area (Å²) in [5, 5.41) is 16.2. The fraction of sp³-hybridized carbons (Fsp3) is 0. The minimum atomic E-state index is -0.356. The molecule has 2 nitrogen and oxygen atoms in total. The maximum absolute atomic E-state index is 9.54. The van der Waals surface area contributed by atoms with Gasteiger partial charge >= 0.3 is 7.69 Å². The third-order valence-electron chi connectivity index (χ3n) is 6.32. The summed E-state index contributed by atoms with van der Waals surface area (Å²) in [6, 6.07) is 40.3. The monoisotopic (exact) mass is 424 g/mol. The van der Waals surface area contributed by atoms with E-state index in [1.54, 1.807) is 0 Å². The number of hydrogen-bond donors (Lipinski definition) is 1. The molecule has 0 saturated heterocycles. The van der Waals surface area contributed by atoms with Gasteiger partial charge in [-0.15, -0.1) is 0 Å². The van der Waals surface area contributed by atoms with E-state index in [1.165, 1.54) is 27.5 Å². The predicted octanol–water partition coefficient (Wildman–Crippen LogP) is 7.12. The lowest BCUT2D eigenvalue weighted by atomic mass is 9.89. The lowest BCUT2D eigenvalue weighted by Gasteiger charge is -2.17. The molecule has 6 rings (SSSR count). The van der Waals surface area contributed by atoms with Crippen LogP contribution in [0.2, 0.25) is 0 Å². The third kappa shape index (κ3) is 3.34. The van der Waals surface area contributed by atoms with Crippen LogP contribution >= 0.6 is 0 Å². The second kappa shape index (κ2) is 8.12. The summed E-state index contributed by atoms with van der Waals surface area (Å²) >= 11 is 0. The first-order chi connectivity index (χ1) is 16.3. The molecule has 0 heterocycles. The van der Waals surface area contributed by atoms with Gasteiger partial charge in [-0.2, -0.15) is 0 Å². The zero-order valence-electron chi connectivity index (χ0n) is 18.0. The van der Waals surface area contributed by atoms with Crippen molar-refractivity contribution in [1.82, 2.24) is 0 Å². The van der Waals surface area contributed by atoms with E-state index in [1.807, 2.05) is 12.1 Å². The van der Waals surface area contributed by atoms with Gasteiger partial charge in [0.1, 0.15) is 5.75 Å². The van der Waals surface area contributed by atoms with Crippen LogP contribution in [0.3, 0.4) is 0 Å². The van der Waals surface area contributed by atoms with E-state index in [0.717, 1.165) is 32.9 Å². The van der Waals surface area contributed by atoms with Crippen molar-refractivity contribution < 1.29 is 9.68 Å². The van der Waals surface area contributed by atoms with Crippen molar-refractivity contribution in [3.05, 3.63) is 115 Å². The van der Waals surface area contributed by atoms with E-state index < -0.39 is 0 Å². The molecule has 0 aliphatic heterocycles. The normalized spacial score (nSPS) is 11.2. The average molecular weight is 424 g/mol. The average Bonchev–Trinajstić information content (AvgIpc) is 2.88. The van der Waals surface area contributed by atoms with Gasteiger partial charge < -0.3 is 9.68 Å². The number of fused-ring (bicyclic) bond motifs is 3. The van der Waals surface area contributed by atoms with Gasteiger partial charge in [0.25, 0.3) is 0 Å². The second-order valence-electron chi connectivity index (χ2n) is 8.21. The Labute approximate surface area is 193 Å². The Morgan fingerprint density at radius 2 is 1.06 bits per heavy atom. The maximum atomic E-state index is 9.54. The van der Waals surface area contributed by atoms with Crippen molar-refractivity contribution in [3.8, 4) is 28.0 Å². The van der Waals surface area contributed by atoms with Crippen molar-refractivity contribution in [2.24, 2.45) is 0 Å². The number of rotatable bonds is 4. The van der Waals surface area contributed by atoms with Crippen LogP contribution in [0.25, 0.3) is 54.6 Å². The summed E-state index contributed by atoms with van der Waals surface area (Å²) in [5.74, 6) is 0.720. The van der Waals surface area contributed by atoms with Crippen LogP contribution < -0.4 is 4.65 Å². The lowest BCUT2D eigenvalue weighted by Crippen LogP contribution is -2.02. The molecule has 33 heavy (non-hydrogen) atoms. The molecule has 3 heteroatoms. The van der Waals surface area contributed by atoms with E-state index >= 15 is 0 Å². The van der Waals surface area contributed by atoms with E-state index in [9.17, 15) is 5.02 Å². The third-order valence-corrected chi connectivity index (χ3v) is 6.32. The summed E-state index contributed by atoms with van der Waals surface area (Å²) in [6.45, 7) is 0. The Morgan fingerprint density at radius 1 is 0.485 bits per heavy atom. The zero-order valence-corrected chi connectivity index (χ0v) is 18.0. The van der Waals surface area contributed by atoms with Gasteiger partial charge in [-0.3, -0.25) is 0 Å². The smallest absolute Gasteiger partial charge is 0.504 e. The first-order valence-corrected chi connectivity index (χ1v) is 11.1. The van der Waals surface area contributed by atoms with Crippen LogP contribution in [0.5, 0.6) is 5.75 Å². The van der Waals surface area contributed by atoms with Crippen molar-refractivity contribution in [1.29, 1.82) is 0 Å². The molecule has 0 aliphatic carbocycles. The van der Waals surface area contributed by atoms with Gasteiger partial charge in [0.05, 0.1) is 0 Å². The van der Waals surface area contributed by atoms with Crippen LogP contribution in [-0.4, -0.2) is 12.7 Å². The highest BCUT2D eigenvalue weighted by Crippen LogP contribution is 2.43. The molecule has 6 aromatic carbocycles. The summed E-state index contributed by atoms with van der Waals surface area (Å²) in [5.41, 5.74) is 4.71. The van der Waals surface area contributed by atoms with Gasteiger partial charge in [0.15, 0.2) is 0 Å². The molecule has 0 fully saturated rings. The van der Waals surface area contributed by atoms with Crippen LogP contribution in [0.15, 0.2) is 115 Å². The first kappa shape index (κ1) is 19.6. The fourth-order valence-electron chi connectivity index (χ4n) is 4.84. The van der Waals surface area contributed by atoms with Gasteiger partial charge in [-0.25, -0.2) is 0 Å². The molecular formula is C30H21BO2. The van der Waals surface area contributed by atoms with Crippen LogP contribution in [0, 0.1) is 0 Å². The molecule has 0 atom stereocenters. The summed E-state index contributed by atoms with van der Waals surface area (Å²) in [6.07, 6.45) is 0. The number of hydrogen-bond acceptors (Lipinski definition) is 2. The van der Waals surface area contributed by atoms with Gasteiger partial charge in [0.2, 0.25) is 0 Å². The quantitative estimate of drug-likeness (QED) is 0.241. The van der Waals surface area contributed by atoms with E-state index in [0.29, 0.717) is 0 Å². The molecule has 1 N–H and O–H groups in total. The lowest BCUT2D eigenvalue weighted by molar-refractivity contribution is 0.459. The van der Waals surface area contributed by atoms with Gasteiger partial charge in [-0.1, -0.05) is 103 Å². The Morgan fingerprint density at radius 3 is 1.76 bits per heavy atom. The summed E-state index contributed by atoms with van der Waals surface area (Å²) < 4.78 is 5.71. The van der Waals surface area contributed by atoms with Crippen molar-refractivity contribution in [3.63, 3.8) is 0 Å². The Bertz CT molecular complexity index is 1580. The Hall–Kier alpha value is -4.08. The van der Waals surface area contributed by atoms with Crippen molar-refractivity contribution in [2.45, 2.75) is 0 Å². The van der Waals surface area contributed by atoms with Crippen molar-refractivity contribution in [2.75, 3.05) is 0 Å². The molecular weight excluding hydrogens is 403 g/mol. The summed E-state index contributed by atoms with van der Waals surface area (Å²) in [4.78, 5) is 0. The highest BCUT2D eigenvalue weighted by atomic mass is 16.5. The minimum absolute atomic E-state index is 0.356. The van der Waals surface area contributed by atoms with E-state index in [-0.39, 0.29) is 7.69 Å². The SMILES string of the molecule is OBOc1c2ccccc2c(-c2cccc(-c3ccc4ccccc4c3)c2)c2ccccc12. The molecule has 6 aromatic rings. The minimum Gasteiger partial charge on any atom is -0.538 e. The van der Waals surface area contributed by atoms with E-state index in [4.69, 9.17) is 4.65 Å². The Balaban J connectivity index is 1.61. The summed E-state index contributed by atoms with van der Waals surface area (Å²) in [7, 11) is -0.356. The second-order valence-corrected chi connectivity index (χ2v) is 8.21. The Kier molecular flexibility index (Phi) is 4.82. The van der Waals surface area contributed by atoms with Gasteiger partial charge in [0, 0.05) is 10.8 Å². The molecule has 0 radical (unpaired) electrons. The molecule has 0 aliphatic rings. The fourth-order valence-corrected chi connectivity index (χ4v) is 4.84. The standard InChI is InChI=1S/C30H21BO2/c32-31-33-30-27-14-5-3-12-25(27)29(26-13-4-6-15-28(26)30)24-11-7-10-22(19-24)23-17-16-20-8-1-2-9-21(20)18-23/h1-19,31-32H. The van der Waals surface area contributed by atoms with Crippen LogP contribution in [0.4, 0.5) is 0 Å². The van der Waals surface area contributed by atoms with Crippen LogP contribution in [0.1, 0.15) is 0 Å². The number of benzene rings is 6. The maximum Gasteiger partial charge on any atom is 0.504 e. The molecule has 0 amide bonds. The highest BCUT2D eigenvalue weighted by molar-refractivity contribution is 6.22. The molecule has 0 aromatic heterocycles. The first-order valence-electron chi connectivity index (χ1n) is 11.1. The van der Waals surface area contributed by atoms with Crippen molar-refractivity contribution >= 4 is 40.0 Å². The highest BCUT2D eigenvalue weighted by Gasteiger charge is 2.16. The molecule has 156 valence electrons. The van der Waals surface area contributed by atoms with E-state index in [2.05, 4.69) is 103 Å². The zero-order chi connectivity index (χ0) is 22.2. The largest absolute Gasteiger partial charge is 0.538 e. The predicted molar refractivity (Wildman–Crippen MR) is 140 cm³/mol. The molecule has 0 unspecified atom stereocenters.